The van der Waals surface area contributed by atoms with E-state index in [2.05, 4.69) is 17.1 Å². The number of hydrogen-bond acceptors (Lipinski definition) is 3. The Morgan fingerprint density at radius 3 is 2.60 bits per heavy atom. The van der Waals surface area contributed by atoms with E-state index >= 15 is 0 Å². The lowest BCUT2D eigenvalue weighted by Crippen LogP contribution is -2.54. The number of carbonyl (C=O) groups is 1. The zero-order valence-corrected chi connectivity index (χ0v) is 13.2. The molecule has 116 valence electrons. The second kappa shape index (κ2) is 6.90. The number of hydrogen-bond donors (Lipinski definition) is 2. The highest BCUT2D eigenvalue weighted by Crippen LogP contribution is 2.34. The largest absolute Gasteiger partial charge is 0.342 e. The standard InChI is InChI=1S/C16H31N3O/c1-16(17)9-4-3-5-14(16)15(20)19-11-7-13(8-12-19)6-10-18-2/h13-14,18H,3-12,17H2,1-2H3. The fourth-order valence-corrected chi connectivity index (χ4v) is 3.77. The first-order valence-electron chi connectivity index (χ1n) is 8.27. The fraction of sp³-hybridized carbons (Fsp3) is 0.938. The smallest absolute Gasteiger partial charge is 0.227 e. The van der Waals surface area contributed by atoms with Gasteiger partial charge in [0.05, 0.1) is 5.92 Å². The minimum atomic E-state index is -0.293. The fourth-order valence-electron chi connectivity index (χ4n) is 3.77. The number of rotatable bonds is 4. The summed E-state index contributed by atoms with van der Waals surface area (Å²) in [5, 5.41) is 3.21. The summed E-state index contributed by atoms with van der Waals surface area (Å²) in [6.07, 6.45) is 7.83. The van der Waals surface area contributed by atoms with E-state index in [-0.39, 0.29) is 11.5 Å². The summed E-state index contributed by atoms with van der Waals surface area (Å²) < 4.78 is 0. The highest BCUT2D eigenvalue weighted by molar-refractivity contribution is 5.80. The lowest BCUT2D eigenvalue weighted by molar-refractivity contribution is -0.140. The molecule has 2 fully saturated rings. The predicted molar refractivity (Wildman–Crippen MR) is 82.4 cm³/mol. The number of carbonyl (C=O) groups excluding carboxylic acids is 1. The summed E-state index contributed by atoms with van der Waals surface area (Å²) >= 11 is 0. The molecule has 2 atom stereocenters. The first-order chi connectivity index (χ1) is 9.54. The number of nitrogens with one attached hydrogen (secondary N) is 1. The molecule has 0 aromatic rings. The van der Waals surface area contributed by atoms with Gasteiger partial charge >= 0.3 is 0 Å². The summed E-state index contributed by atoms with van der Waals surface area (Å²) in [7, 11) is 2.00. The van der Waals surface area contributed by atoms with Crippen molar-refractivity contribution in [3.05, 3.63) is 0 Å². The lowest BCUT2D eigenvalue weighted by Gasteiger charge is -2.41. The van der Waals surface area contributed by atoms with Crippen LogP contribution in [0.3, 0.4) is 0 Å². The highest BCUT2D eigenvalue weighted by atomic mass is 16.2. The number of amides is 1. The average Bonchev–Trinajstić information content (AvgIpc) is 2.44. The van der Waals surface area contributed by atoms with Gasteiger partial charge in [0.2, 0.25) is 5.91 Å². The van der Waals surface area contributed by atoms with Gasteiger partial charge in [-0.15, -0.1) is 0 Å². The molecular weight excluding hydrogens is 250 g/mol. The molecule has 2 aliphatic rings. The van der Waals surface area contributed by atoms with Crippen molar-refractivity contribution >= 4 is 5.91 Å². The Labute approximate surface area is 123 Å². The van der Waals surface area contributed by atoms with Crippen LogP contribution in [-0.2, 0) is 4.79 Å². The van der Waals surface area contributed by atoms with Crippen molar-refractivity contribution in [1.29, 1.82) is 0 Å². The summed E-state index contributed by atoms with van der Waals surface area (Å²) in [4.78, 5) is 14.8. The second-order valence-electron chi connectivity index (χ2n) is 6.97. The minimum Gasteiger partial charge on any atom is -0.342 e. The second-order valence-corrected chi connectivity index (χ2v) is 6.97. The van der Waals surface area contributed by atoms with Gasteiger partial charge in [-0.1, -0.05) is 12.8 Å². The van der Waals surface area contributed by atoms with Crippen molar-refractivity contribution in [2.75, 3.05) is 26.7 Å². The van der Waals surface area contributed by atoms with E-state index in [9.17, 15) is 4.79 Å². The zero-order chi connectivity index (χ0) is 14.6. The van der Waals surface area contributed by atoms with Gasteiger partial charge in [0.25, 0.3) is 0 Å². The number of nitrogens with two attached hydrogens (primary N) is 1. The molecule has 2 unspecified atom stereocenters. The van der Waals surface area contributed by atoms with E-state index < -0.39 is 0 Å². The molecule has 1 aliphatic carbocycles. The van der Waals surface area contributed by atoms with Gasteiger partial charge in [0, 0.05) is 18.6 Å². The monoisotopic (exact) mass is 281 g/mol. The van der Waals surface area contributed by atoms with Crippen molar-refractivity contribution in [2.45, 2.75) is 57.4 Å². The molecule has 0 radical (unpaired) electrons. The summed E-state index contributed by atoms with van der Waals surface area (Å²) in [5.74, 6) is 1.15. The summed E-state index contributed by atoms with van der Waals surface area (Å²) in [6.45, 7) is 5.01. The summed E-state index contributed by atoms with van der Waals surface area (Å²) in [6, 6.07) is 0. The molecule has 20 heavy (non-hydrogen) atoms. The maximum Gasteiger partial charge on any atom is 0.227 e. The third-order valence-electron chi connectivity index (χ3n) is 5.28. The molecule has 0 aromatic carbocycles. The average molecular weight is 281 g/mol. The zero-order valence-electron chi connectivity index (χ0n) is 13.2. The van der Waals surface area contributed by atoms with Crippen molar-refractivity contribution < 1.29 is 4.79 Å². The molecule has 1 aliphatic heterocycles. The molecule has 0 bridgehead atoms. The van der Waals surface area contributed by atoms with E-state index in [0.29, 0.717) is 5.91 Å². The first-order valence-corrected chi connectivity index (χ1v) is 8.27. The lowest BCUT2D eigenvalue weighted by atomic mass is 9.73. The SMILES string of the molecule is CNCCC1CCN(C(=O)C2CCCCC2(C)N)CC1. The Hall–Kier alpha value is -0.610. The van der Waals surface area contributed by atoms with Crippen molar-refractivity contribution in [3.63, 3.8) is 0 Å². The van der Waals surface area contributed by atoms with E-state index in [1.54, 1.807) is 0 Å². The van der Waals surface area contributed by atoms with Gasteiger partial charge in [-0.2, -0.15) is 0 Å². The number of piperidine rings is 1. The molecule has 0 spiro atoms. The van der Waals surface area contributed by atoms with Crippen LogP contribution in [0.15, 0.2) is 0 Å². The Morgan fingerprint density at radius 2 is 2.00 bits per heavy atom. The maximum absolute atomic E-state index is 12.7. The van der Waals surface area contributed by atoms with Crippen molar-refractivity contribution in [3.8, 4) is 0 Å². The number of likely N-dealkylation sites (tertiary alicyclic amines) is 1. The van der Waals surface area contributed by atoms with E-state index in [4.69, 9.17) is 5.73 Å². The van der Waals surface area contributed by atoms with Crippen LogP contribution in [-0.4, -0.2) is 43.0 Å². The molecule has 4 nitrogen and oxygen atoms in total. The Balaban J connectivity index is 1.85. The van der Waals surface area contributed by atoms with Gasteiger partial charge < -0.3 is 16.0 Å². The molecule has 1 saturated carbocycles. The Kier molecular flexibility index (Phi) is 5.44. The van der Waals surface area contributed by atoms with Gasteiger partial charge in [0.15, 0.2) is 0 Å². The molecule has 4 heteroatoms. The van der Waals surface area contributed by atoms with Gasteiger partial charge in [-0.25, -0.2) is 0 Å². The predicted octanol–water partition coefficient (Wildman–Crippen LogP) is 1.74. The molecule has 1 saturated heterocycles. The van der Waals surface area contributed by atoms with Crippen LogP contribution in [0.4, 0.5) is 0 Å². The van der Waals surface area contributed by atoms with Crippen LogP contribution in [0.1, 0.15) is 51.9 Å². The van der Waals surface area contributed by atoms with Crippen LogP contribution < -0.4 is 11.1 Å². The molecule has 3 N–H and O–H groups in total. The summed E-state index contributed by atoms with van der Waals surface area (Å²) in [5.41, 5.74) is 6.07. The third-order valence-corrected chi connectivity index (χ3v) is 5.28. The van der Waals surface area contributed by atoms with Crippen molar-refractivity contribution in [1.82, 2.24) is 10.2 Å². The van der Waals surface area contributed by atoms with Gasteiger partial charge in [-0.3, -0.25) is 4.79 Å². The van der Waals surface area contributed by atoms with Crippen LogP contribution in [0.5, 0.6) is 0 Å². The molecule has 2 rings (SSSR count). The minimum absolute atomic E-state index is 0.0464. The highest BCUT2D eigenvalue weighted by Gasteiger charge is 2.40. The Bertz CT molecular complexity index is 322. The first kappa shape index (κ1) is 15.8. The maximum atomic E-state index is 12.7. The molecule has 1 amide bonds. The third kappa shape index (κ3) is 3.73. The van der Waals surface area contributed by atoms with E-state index in [1.807, 2.05) is 7.05 Å². The van der Waals surface area contributed by atoms with Crippen LogP contribution >= 0.6 is 0 Å². The molecule has 0 aromatic heterocycles. The van der Waals surface area contributed by atoms with Crippen molar-refractivity contribution in [2.24, 2.45) is 17.6 Å². The van der Waals surface area contributed by atoms with Crippen LogP contribution in [0, 0.1) is 11.8 Å². The topological polar surface area (TPSA) is 58.4 Å². The Morgan fingerprint density at radius 1 is 1.30 bits per heavy atom. The molecular formula is C16H31N3O. The van der Waals surface area contributed by atoms with Crippen LogP contribution in [0.2, 0.25) is 0 Å². The van der Waals surface area contributed by atoms with Gasteiger partial charge in [0.1, 0.15) is 0 Å². The quantitative estimate of drug-likeness (QED) is 0.825. The van der Waals surface area contributed by atoms with E-state index in [0.717, 1.165) is 57.7 Å². The van der Waals surface area contributed by atoms with Gasteiger partial charge in [-0.05, 0) is 58.5 Å². The normalized spacial score (nSPS) is 32.4. The number of nitrogens with zero attached hydrogens (tertiary/aromatic N) is 1. The van der Waals surface area contributed by atoms with Crippen LogP contribution in [0.25, 0.3) is 0 Å². The van der Waals surface area contributed by atoms with E-state index in [1.165, 1.54) is 12.8 Å². The molecule has 1 heterocycles.